The van der Waals surface area contributed by atoms with Crippen molar-refractivity contribution in [3.63, 3.8) is 0 Å². The number of amides is 1. The van der Waals surface area contributed by atoms with Gasteiger partial charge in [0.1, 0.15) is 0 Å². The summed E-state index contributed by atoms with van der Waals surface area (Å²) in [6.45, 7) is 0. The molecule has 3 nitrogen and oxygen atoms in total. The minimum absolute atomic E-state index is 0.260. The molecule has 4 heteroatoms. The van der Waals surface area contributed by atoms with Gasteiger partial charge in [0, 0.05) is 0 Å². The van der Waals surface area contributed by atoms with Crippen LogP contribution in [0.1, 0.15) is 25.7 Å². The number of carbonyl (C=O) groups excluding carboxylic acids is 1. The molecule has 1 radical (unpaired) electrons. The Kier molecular flexibility index (Phi) is 3.57. The van der Waals surface area contributed by atoms with Crippen LogP contribution >= 0.6 is 0 Å². The Morgan fingerprint density at radius 1 is 1.33 bits per heavy atom. The van der Waals surface area contributed by atoms with Crippen molar-refractivity contribution in [1.82, 2.24) is 0 Å². The van der Waals surface area contributed by atoms with E-state index in [1.54, 1.807) is 3.33 Å². The third-order valence-corrected chi connectivity index (χ3v) is 7.73. The number of carbonyl (C=O) groups is 1. The zero-order valence-electron chi connectivity index (χ0n) is 8.78. The molecule has 1 heterocycles. The molecule has 1 fully saturated rings. The number of hydrogen-bond acceptors (Lipinski definition) is 2. The van der Waals surface area contributed by atoms with Crippen molar-refractivity contribution in [1.29, 1.82) is 0 Å². The van der Waals surface area contributed by atoms with Gasteiger partial charge >= 0.3 is 102 Å². The standard InChI is InChI=1S/C11H16N2O.In/c1-8(11(13)14)2-3-9-4-6-10(12)7-5-9;/h1-2,9-10H,4-7,12H2,(H2,13,14);. The fraction of sp³-hybridized carbons (Fsp3) is 0.545. The van der Waals surface area contributed by atoms with E-state index >= 15 is 0 Å². The van der Waals surface area contributed by atoms with Crippen LogP contribution in [0.25, 0.3) is 0 Å². The summed E-state index contributed by atoms with van der Waals surface area (Å²) in [4.78, 5) is 11.0. The summed E-state index contributed by atoms with van der Waals surface area (Å²) < 4.78 is 3.69. The first-order valence-corrected chi connectivity index (χ1v) is 9.04. The van der Waals surface area contributed by atoms with E-state index in [1.807, 2.05) is 0 Å². The van der Waals surface area contributed by atoms with E-state index in [9.17, 15) is 4.79 Å². The van der Waals surface area contributed by atoms with Crippen LogP contribution in [0.3, 0.4) is 0 Å². The van der Waals surface area contributed by atoms with Crippen LogP contribution in [0, 0.1) is 5.92 Å². The second-order valence-electron chi connectivity index (χ2n) is 4.41. The van der Waals surface area contributed by atoms with Gasteiger partial charge < -0.3 is 0 Å². The van der Waals surface area contributed by atoms with E-state index in [2.05, 4.69) is 9.91 Å². The summed E-state index contributed by atoms with van der Waals surface area (Å²) >= 11 is -0.793. The van der Waals surface area contributed by atoms with Crippen molar-refractivity contribution in [3.8, 4) is 0 Å². The molecule has 1 saturated carbocycles. The van der Waals surface area contributed by atoms with Gasteiger partial charge in [-0.2, -0.15) is 0 Å². The molecular formula is C11H16InN2O. The normalized spacial score (nSPS) is 30.5. The van der Waals surface area contributed by atoms with Gasteiger partial charge in [-0.05, 0) is 0 Å². The topological polar surface area (TPSA) is 69.1 Å². The van der Waals surface area contributed by atoms with Gasteiger partial charge in [0.15, 0.2) is 0 Å². The second-order valence-corrected chi connectivity index (χ2v) is 8.21. The van der Waals surface area contributed by atoms with Gasteiger partial charge in [-0.1, -0.05) is 0 Å². The molecule has 2 rings (SSSR count). The molecule has 0 aromatic rings. The van der Waals surface area contributed by atoms with Crippen LogP contribution in [-0.2, 0) is 4.79 Å². The van der Waals surface area contributed by atoms with E-state index in [1.165, 1.54) is 12.8 Å². The SMILES string of the molecule is NC(=O)C1=[CH][In][C](C2CCC(N)CC2)=C1. The maximum absolute atomic E-state index is 11.0. The number of allylic oxidation sites excluding steroid dienone is 1. The van der Waals surface area contributed by atoms with Gasteiger partial charge in [0.25, 0.3) is 0 Å². The Labute approximate surface area is 101 Å². The van der Waals surface area contributed by atoms with Gasteiger partial charge in [-0.25, -0.2) is 0 Å². The van der Waals surface area contributed by atoms with Crippen molar-refractivity contribution >= 4 is 28.8 Å². The van der Waals surface area contributed by atoms with Crippen molar-refractivity contribution in [2.45, 2.75) is 31.7 Å². The first kappa shape index (κ1) is 11.3. The van der Waals surface area contributed by atoms with Gasteiger partial charge in [0.2, 0.25) is 0 Å². The van der Waals surface area contributed by atoms with Crippen LogP contribution in [-0.4, -0.2) is 34.9 Å². The second kappa shape index (κ2) is 4.74. The number of hydrogen-bond donors (Lipinski definition) is 2. The molecule has 0 unspecified atom stereocenters. The molecule has 0 spiro atoms. The summed E-state index contributed by atoms with van der Waals surface area (Å²) in [6, 6.07) is 0.402. The van der Waals surface area contributed by atoms with Gasteiger partial charge in [-0.15, -0.1) is 0 Å². The minimum atomic E-state index is -0.793. The van der Waals surface area contributed by atoms with E-state index in [-0.39, 0.29) is 5.91 Å². The summed E-state index contributed by atoms with van der Waals surface area (Å²) in [7, 11) is 0. The molecule has 0 aromatic heterocycles. The molecule has 1 aliphatic carbocycles. The predicted octanol–water partition coefficient (Wildman–Crippen LogP) is 0.475. The molecule has 0 bridgehead atoms. The number of primary amides is 1. The Hall–Kier alpha value is -0.220. The van der Waals surface area contributed by atoms with Crippen molar-refractivity contribution in [2.75, 3.05) is 0 Å². The van der Waals surface area contributed by atoms with E-state index < -0.39 is 22.9 Å². The Bertz CT molecular complexity index is 327. The Morgan fingerprint density at radius 3 is 2.53 bits per heavy atom. The molecule has 0 saturated heterocycles. The van der Waals surface area contributed by atoms with Crippen LogP contribution in [0.4, 0.5) is 0 Å². The summed E-state index contributed by atoms with van der Waals surface area (Å²) in [6.07, 6.45) is 6.75. The van der Waals surface area contributed by atoms with E-state index in [0.29, 0.717) is 12.0 Å². The molecule has 0 atom stereocenters. The van der Waals surface area contributed by atoms with Crippen LogP contribution in [0.5, 0.6) is 0 Å². The summed E-state index contributed by atoms with van der Waals surface area (Å²) in [5.74, 6) is 0.447. The number of rotatable bonds is 2. The Morgan fingerprint density at radius 2 is 2.00 bits per heavy atom. The van der Waals surface area contributed by atoms with Crippen molar-refractivity contribution < 1.29 is 4.79 Å². The summed E-state index contributed by atoms with van der Waals surface area (Å²) in [5, 5.41) is 0. The third-order valence-electron chi connectivity index (χ3n) is 3.31. The fourth-order valence-corrected chi connectivity index (χ4v) is 6.64. The quantitative estimate of drug-likeness (QED) is 0.779. The summed E-state index contributed by atoms with van der Waals surface area (Å²) in [5.41, 5.74) is 11.9. The van der Waals surface area contributed by atoms with Crippen LogP contribution in [0.15, 0.2) is 18.8 Å². The molecule has 79 valence electrons. The predicted molar refractivity (Wildman–Crippen MR) is 61.0 cm³/mol. The first-order chi connectivity index (χ1) is 7.16. The zero-order chi connectivity index (χ0) is 10.8. The van der Waals surface area contributed by atoms with Gasteiger partial charge in [0.05, 0.1) is 0 Å². The molecular weight excluding hydrogens is 291 g/mol. The molecule has 0 aromatic carbocycles. The Balaban J connectivity index is 1.97. The van der Waals surface area contributed by atoms with Crippen LogP contribution < -0.4 is 11.5 Å². The van der Waals surface area contributed by atoms with Crippen molar-refractivity contribution in [3.05, 3.63) is 18.8 Å². The molecule has 15 heavy (non-hydrogen) atoms. The maximum atomic E-state index is 11.0. The third kappa shape index (κ3) is 2.67. The van der Waals surface area contributed by atoms with Crippen molar-refractivity contribution in [2.24, 2.45) is 17.4 Å². The van der Waals surface area contributed by atoms with E-state index in [4.69, 9.17) is 11.5 Å². The first-order valence-electron chi connectivity index (χ1n) is 5.49. The molecule has 2 aliphatic rings. The molecule has 4 N–H and O–H groups in total. The zero-order valence-corrected chi connectivity index (χ0v) is 12.1. The molecule has 1 amide bonds. The van der Waals surface area contributed by atoms with E-state index in [0.717, 1.165) is 18.4 Å². The molecule has 1 aliphatic heterocycles. The number of nitrogens with two attached hydrogens (primary N) is 2. The fourth-order valence-electron chi connectivity index (χ4n) is 2.32. The van der Waals surface area contributed by atoms with Crippen LogP contribution in [0.2, 0.25) is 0 Å². The average Bonchev–Trinajstić information content (AvgIpc) is 2.68. The monoisotopic (exact) mass is 307 g/mol. The van der Waals surface area contributed by atoms with Gasteiger partial charge in [-0.3, -0.25) is 0 Å². The average molecular weight is 307 g/mol.